The average molecular weight is 505 g/mol. The van der Waals surface area contributed by atoms with E-state index in [1.54, 1.807) is 42.5 Å². The molecule has 184 valence electrons. The third-order valence-electron chi connectivity index (χ3n) is 5.42. The van der Waals surface area contributed by atoms with Gasteiger partial charge in [-0.15, -0.1) is 0 Å². The van der Waals surface area contributed by atoms with Crippen molar-refractivity contribution in [1.29, 1.82) is 0 Å². The van der Waals surface area contributed by atoms with Crippen molar-refractivity contribution >= 4 is 41.2 Å². The van der Waals surface area contributed by atoms with Crippen LogP contribution in [0, 0.1) is 6.92 Å². The molecule has 1 aliphatic rings. The standard InChI is InChI=1S/C28H25ClN2O5/c1-3-13-35-23-10-8-22(9-11-23)31-27(33)24(26(32)30-28(31)34)16-20-15-21(29)7-12-25(20)36-17-19-6-4-5-18(2)14-19/h4-12,14-16H,3,13,17H2,1-2H3,(H,30,32,34)/b24-16-. The molecule has 0 bridgehead atoms. The summed E-state index contributed by atoms with van der Waals surface area (Å²) in [6.45, 7) is 4.83. The van der Waals surface area contributed by atoms with Gasteiger partial charge in [0.1, 0.15) is 23.7 Å². The number of anilines is 1. The van der Waals surface area contributed by atoms with Crippen LogP contribution in [0.2, 0.25) is 5.02 Å². The summed E-state index contributed by atoms with van der Waals surface area (Å²) in [6.07, 6.45) is 2.23. The number of nitrogens with zero attached hydrogens (tertiary/aromatic N) is 1. The first-order valence-electron chi connectivity index (χ1n) is 11.5. The lowest BCUT2D eigenvalue weighted by molar-refractivity contribution is -0.122. The van der Waals surface area contributed by atoms with E-state index in [1.165, 1.54) is 6.08 Å². The maximum atomic E-state index is 13.3. The molecule has 1 N–H and O–H groups in total. The van der Waals surface area contributed by atoms with Crippen molar-refractivity contribution in [3.8, 4) is 11.5 Å². The van der Waals surface area contributed by atoms with Crippen LogP contribution in [0.25, 0.3) is 6.08 Å². The molecule has 0 aromatic heterocycles. The number of urea groups is 1. The largest absolute Gasteiger partial charge is 0.494 e. The minimum atomic E-state index is -0.827. The van der Waals surface area contributed by atoms with E-state index in [0.29, 0.717) is 34.4 Å². The van der Waals surface area contributed by atoms with Gasteiger partial charge >= 0.3 is 6.03 Å². The van der Waals surface area contributed by atoms with Crippen molar-refractivity contribution in [1.82, 2.24) is 5.32 Å². The summed E-state index contributed by atoms with van der Waals surface area (Å²) in [7, 11) is 0. The molecular formula is C28H25ClN2O5. The molecule has 36 heavy (non-hydrogen) atoms. The minimum Gasteiger partial charge on any atom is -0.494 e. The number of nitrogens with one attached hydrogen (secondary N) is 1. The zero-order valence-electron chi connectivity index (χ0n) is 19.9. The number of imide groups is 2. The highest BCUT2D eigenvalue weighted by Gasteiger charge is 2.37. The minimum absolute atomic E-state index is 0.219. The number of rotatable bonds is 8. The second kappa shape index (κ2) is 11.1. The molecule has 0 aliphatic carbocycles. The van der Waals surface area contributed by atoms with Gasteiger partial charge < -0.3 is 9.47 Å². The van der Waals surface area contributed by atoms with Crippen LogP contribution in [-0.2, 0) is 16.2 Å². The number of hydrogen-bond donors (Lipinski definition) is 1. The zero-order valence-corrected chi connectivity index (χ0v) is 20.7. The van der Waals surface area contributed by atoms with E-state index in [1.807, 2.05) is 38.1 Å². The van der Waals surface area contributed by atoms with Gasteiger partial charge in [-0.2, -0.15) is 0 Å². The Bertz CT molecular complexity index is 1330. The Hall–Kier alpha value is -4.10. The quantitative estimate of drug-likeness (QED) is 0.315. The van der Waals surface area contributed by atoms with Crippen LogP contribution in [0.1, 0.15) is 30.0 Å². The maximum absolute atomic E-state index is 13.3. The van der Waals surface area contributed by atoms with Crippen molar-refractivity contribution < 1.29 is 23.9 Å². The van der Waals surface area contributed by atoms with Gasteiger partial charge in [0.2, 0.25) is 0 Å². The number of halogens is 1. The number of benzene rings is 3. The lowest BCUT2D eigenvalue weighted by atomic mass is 10.1. The predicted octanol–water partition coefficient (Wildman–Crippen LogP) is 5.68. The molecule has 0 unspecified atom stereocenters. The Kier molecular flexibility index (Phi) is 7.71. The van der Waals surface area contributed by atoms with E-state index in [4.69, 9.17) is 21.1 Å². The highest BCUT2D eigenvalue weighted by Crippen LogP contribution is 2.29. The van der Waals surface area contributed by atoms with E-state index in [-0.39, 0.29) is 12.2 Å². The fraction of sp³-hybridized carbons (Fsp3) is 0.179. The third kappa shape index (κ3) is 5.75. The molecular weight excluding hydrogens is 480 g/mol. The molecule has 0 radical (unpaired) electrons. The number of carbonyl (C=O) groups excluding carboxylic acids is 3. The lowest BCUT2D eigenvalue weighted by Gasteiger charge is -2.26. The van der Waals surface area contributed by atoms with Crippen molar-refractivity contribution in [2.24, 2.45) is 0 Å². The summed E-state index contributed by atoms with van der Waals surface area (Å²) in [4.78, 5) is 39.4. The Labute approximate surface area is 214 Å². The van der Waals surface area contributed by atoms with Gasteiger partial charge in [0, 0.05) is 10.6 Å². The Morgan fingerprint density at radius 3 is 2.47 bits per heavy atom. The van der Waals surface area contributed by atoms with E-state index >= 15 is 0 Å². The molecule has 0 spiro atoms. The molecule has 8 heteroatoms. The van der Waals surface area contributed by atoms with Gasteiger partial charge in [-0.1, -0.05) is 48.4 Å². The molecule has 4 amide bonds. The maximum Gasteiger partial charge on any atom is 0.335 e. The van der Waals surface area contributed by atoms with Crippen molar-refractivity contribution in [2.75, 3.05) is 11.5 Å². The smallest absolute Gasteiger partial charge is 0.335 e. The molecule has 1 aliphatic heterocycles. The highest BCUT2D eigenvalue weighted by atomic mass is 35.5. The van der Waals surface area contributed by atoms with Crippen molar-refractivity contribution in [3.05, 3.63) is 94.0 Å². The second-order valence-electron chi connectivity index (χ2n) is 8.26. The second-order valence-corrected chi connectivity index (χ2v) is 8.70. The summed E-state index contributed by atoms with van der Waals surface area (Å²) in [5, 5.41) is 2.64. The van der Waals surface area contributed by atoms with E-state index in [0.717, 1.165) is 22.4 Å². The molecule has 1 heterocycles. The van der Waals surface area contributed by atoms with E-state index in [9.17, 15) is 14.4 Å². The monoisotopic (exact) mass is 504 g/mol. The van der Waals surface area contributed by atoms with Crippen LogP contribution in [0.4, 0.5) is 10.5 Å². The van der Waals surface area contributed by atoms with E-state index < -0.39 is 17.8 Å². The first kappa shape index (κ1) is 25.0. The Morgan fingerprint density at radius 1 is 0.972 bits per heavy atom. The lowest BCUT2D eigenvalue weighted by Crippen LogP contribution is -2.54. The molecule has 1 fully saturated rings. The first-order valence-corrected chi connectivity index (χ1v) is 11.9. The fourth-order valence-electron chi connectivity index (χ4n) is 3.69. The predicted molar refractivity (Wildman–Crippen MR) is 138 cm³/mol. The Morgan fingerprint density at radius 2 is 1.75 bits per heavy atom. The average Bonchev–Trinajstić information content (AvgIpc) is 2.85. The number of aryl methyl sites for hydroxylation is 1. The van der Waals surface area contributed by atoms with Crippen LogP contribution in [0.3, 0.4) is 0 Å². The van der Waals surface area contributed by atoms with Gasteiger partial charge in [-0.25, -0.2) is 9.69 Å². The molecule has 0 atom stereocenters. The molecule has 0 saturated carbocycles. The number of barbiturate groups is 1. The first-order chi connectivity index (χ1) is 17.4. The normalized spacial score (nSPS) is 14.7. The summed E-state index contributed by atoms with van der Waals surface area (Å²) in [5.41, 5.74) is 2.60. The molecule has 7 nitrogen and oxygen atoms in total. The van der Waals surface area contributed by atoms with Gasteiger partial charge in [0.05, 0.1) is 12.3 Å². The third-order valence-corrected chi connectivity index (χ3v) is 5.65. The zero-order chi connectivity index (χ0) is 25.7. The molecule has 3 aromatic rings. The number of carbonyl (C=O) groups is 3. The number of amides is 4. The van der Waals surface area contributed by atoms with Gasteiger partial charge in [-0.3, -0.25) is 14.9 Å². The molecule has 4 rings (SSSR count). The van der Waals surface area contributed by atoms with Crippen LogP contribution in [0.15, 0.2) is 72.3 Å². The SMILES string of the molecule is CCCOc1ccc(N2C(=O)NC(=O)/C(=C/c3cc(Cl)ccc3OCc3cccc(C)c3)C2=O)cc1. The van der Waals surface area contributed by atoms with Crippen LogP contribution in [0.5, 0.6) is 11.5 Å². The van der Waals surface area contributed by atoms with Crippen molar-refractivity contribution in [3.63, 3.8) is 0 Å². The Balaban J connectivity index is 1.62. The molecule has 1 saturated heterocycles. The summed E-state index contributed by atoms with van der Waals surface area (Å²) < 4.78 is 11.5. The summed E-state index contributed by atoms with van der Waals surface area (Å²) >= 11 is 6.20. The van der Waals surface area contributed by atoms with Gasteiger partial charge in [0.15, 0.2) is 0 Å². The fourth-order valence-corrected chi connectivity index (χ4v) is 3.87. The van der Waals surface area contributed by atoms with Crippen LogP contribution < -0.4 is 19.7 Å². The summed E-state index contributed by atoms with van der Waals surface area (Å²) in [6, 6.07) is 18.5. The molecule has 3 aromatic carbocycles. The van der Waals surface area contributed by atoms with Gasteiger partial charge in [-0.05, 0) is 67.4 Å². The number of ether oxygens (including phenoxy) is 2. The highest BCUT2D eigenvalue weighted by molar-refractivity contribution is 6.39. The van der Waals surface area contributed by atoms with Gasteiger partial charge in [0.25, 0.3) is 11.8 Å². The van der Waals surface area contributed by atoms with Crippen LogP contribution >= 0.6 is 11.6 Å². The van der Waals surface area contributed by atoms with Crippen LogP contribution in [-0.4, -0.2) is 24.5 Å². The summed E-state index contributed by atoms with van der Waals surface area (Å²) in [5.74, 6) is -0.495. The topological polar surface area (TPSA) is 84.9 Å². The number of hydrogen-bond acceptors (Lipinski definition) is 5. The van der Waals surface area contributed by atoms with Crippen molar-refractivity contribution in [2.45, 2.75) is 26.9 Å². The van der Waals surface area contributed by atoms with E-state index in [2.05, 4.69) is 5.32 Å².